The van der Waals surface area contributed by atoms with Gasteiger partial charge >= 0.3 is 6.18 Å². The molecule has 1 aliphatic rings. The van der Waals surface area contributed by atoms with E-state index in [2.05, 4.69) is 5.10 Å². The van der Waals surface area contributed by atoms with E-state index < -0.39 is 41.7 Å². The zero-order valence-electron chi connectivity index (χ0n) is 13.9. The Hall–Kier alpha value is -2.69. The molecule has 0 saturated heterocycles. The number of carbonyl (C=O) groups is 1. The van der Waals surface area contributed by atoms with E-state index in [0.717, 1.165) is 12.1 Å². The summed E-state index contributed by atoms with van der Waals surface area (Å²) < 4.78 is 44.8. The first-order valence-electron chi connectivity index (χ1n) is 7.52. The van der Waals surface area contributed by atoms with Crippen molar-refractivity contribution in [3.05, 3.63) is 34.4 Å². The number of amides is 1. The summed E-state index contributed by atoms with van der Waals surface area (Å²) in [5.74, 6) is -1.54. The number of halogens is 3. The minimum Gasteiger partial charge on any atom is -0.484 e. The summed E-state index contributed by atoms with van der Waals surface area (Å²) in [6.45, 7) is 2.36. The van der Waals surface area contributed by atoms with Crippen molar-refractivity contribution in [2.75, 3.05) is 6.61 Å². The highest BCUT2D eigenvalue weighted by Crippen LogP contribution is 2.41. The first-order valence-corrected chi connectivity index (χ1v) is 7.52. The van der Waals surface area contributed by atoms with Gasteiger partial charge < -0.3 is 9.84 Å². The van der Waals surface area contributed by atoms with Crippen LogP contribution in [-0.4, -0.2) is 45.2 Å². The lowest BCUT2D eigenvalue weighted by Gasteiger charge is -2.32. The normalized spacial score (nSPS) is 20.3. The molecule has 11 heteroatoms. The molecule has 0 fully saturated rings. The molecule has 0 bridgehead atoms. The van der Waals surface area contributed by atoms with E-state index in [1.807, 2.05) is 0 Å². The molecule has 0 radical (unpaired) electrons. The molecule has 2 rings (SSSR count). The number of nitro groups is 1. The molecule has 1 aromatic rings. The highest BCUT2D eigenvalue weighted by molar-refractivity contribution is 5.92. The summed E-state index contributed by atoms with van der Waals surface area (Å²) in [5.41, 5.74) is -3.60. The predicted octanol–water partition coefficient (Wildman–Crippen LogP) is 2.47. The molecule has 26 heavy (non-hydrogen) atoms. The SMILES string of the molecule is CC(C)C1=NN(C(=O)COc2ccc([N+](=O)[O-])cc2)C(O)(C(F)(F)F)C1. The summed E-state index contributed by atoms with van der Waals surface area (Å²) in [6.07, 6.45) is -5.94. The van der Waals surface area contributed by atoms with Gasteiger partial charge in [0.1, 0.15) is 5.75 Å². The predicted molar refractivity (Wildman–Crippen MR) is 83.3 cm³/mol. The molecule has 1 heterocycles. The fourth-order valence-electron chi connectivity index (χ4n) is 2.25. The number of rotatable bonds is 5. The van der Waals surface area contributed by atoms with Gasteiger partial charge in [-0.2, -0.15) is 23.3 Å². The molecule has 1 unspecified atom stereocenters. The number of aliphatic hydroxyl groups is 1. The number of hydrazone groups is 1. The largest absolute Gasteiger partial charge is 0.484 e. The molecule has 0 spiro atoms. The molecule has 0 saturated carbocycles. The summed E-state index contributed by atoms with van der Waals surface area (Å²) >= 11 is 0. The quantitative estimate of drug-likeness (QED) is 0.629. The number of nitrogens with zero attached hydrogens (tertiary/aromatic N) is 3. The first-order chi connectivity index (χ1) is 12.0. The number of hydrogen-bond donors (Lipinski definition) is 1. The van der Waals surface area contributed by atoms with Crippen LogP contribution >= 0.6 is 0 Å². The molecule has 1 atom stereocenters. The molecule has 0 aromatic heterocycles. The van der Waals surface area contributed by atoms with Gasteiger partial charge in [0, 0.05) is 24.3 Å². The Balaban J connectivity index is 2.14. The Morgan fingerprint density at radius 1 is 1.42 bits per heavy atom. The van der Waals surface area contributed by atoms with Gasteiger partial charge in [-0.25, -0.2) is 0 Å². The summed E-state index contributed by atoms with van der Waals surface area (Å²) in [6, 6.07) is 4.65. The third kappa shape index (κ3) is 3.77. The minimum absolute atomic E-state index is 0.00623. The van der Waals surface area contributed by atoms with E-state index in [1.54, 1.807) is 13.8 Å². The maximum absolute atomic E-state index is 13.3. The Morgan fingerprint density at radius 2 is 2.00 bits per heavy atom. The average molecular weight is 375 g/mol. The molecular weight excluding hydrogens is 359 g/mol. The van der Waals surface area contributed by atoms with Crippen molar-refractivity contribution in [1.82, 2.24) is 5.01 Å². The van der Waals surface area contributed by atoms with Crippen LogP contribution in [-0.2, 0) is 4.79 Å². The van der Waals surface area contributed by atoms with Crippen molar-refractivity contribution in [1.29, 1.82) is 0 Å². The zero-order valence-corrected chi connectivity index (χ0v) is 13.9. The highest BCUT2D eigenvalue weighted by Gasteiger charge is 2.63. The number of non-ortho nitro benzene ring substituents is 1. The smallest absolute Gasteiger partial charge is 0.438 e. The summed E-state index contributed by atoms with van der Waals surface area (Å²) in [4.78, 5) is 22.1. The van der Waals surface area contributed by atoms with Gasteiger partial charge in [-0.15, -0.1) is 0 Å². The maximum Gasteiger partial charge on any atom is 0.438 e. The van der Waals surface area contributed by atoms with Crippen LogP contribution in [0, 0.1) is 16.0 Å². The van der Waals surface area contributed by atoms with Crippen molar-refractivity contribution >= 4 is 17.3 Å². The Bertz CT molecular complexity index is 733. The molecule has 8 nitrogen and oxygen atoms in total. The van der Waals surface area contributed by atoms with Gasteiger partial charge in [0.15, 0.2) is 6.61 Å². The average Bonchev–Trinajstić information content (AvgIpc) is 2.92. The van der Waals surface area contributed by atoms with Crippen LogP contribution in [0.1, 0.15) is 20.3 Å². The highest BCUT2D eigenvalue weighted by atomic mass is 19.4. The van der Waals surface area contributed by atoms with Crippen molar-refractivity contribution < 1.29 is 32.7 Å². The lowest BCUT2D eigenvalue weighted by Crippen LogP contribution is -2.57. The Labute approximate surface area is 146 Å². The molecule has 1 aliphatic heterocycles. The molecule has 1 amide bonds. The number of hydrogen-bond acceptors (Lipinski definition) is 6. The Kier molecular flexibility index (Phi) is 5.21. The molecule has 1 aromatic carbocycles. The second kappa shape index (κ2) is 6.90. The lowest BCUT2D eigenvalue weighted by atomic mass is 9.99. The van der Waals surface area contributed by atoms with E-state index in [9.17, 15) is 33.2 Å². The Morgan fingerprint density at radius 3 is 2.46 bits per heavy atom. The van der Waals surface area contributed by atoms with Crippen molar-refractivity contribution in [2.45, 2.75) is 32.2 Å². The van der Waals surface area contributed by atoms with E-state index in [-0.39, 0.29) is 22.2 Å². The van der Waals surface area contributed by atoms with Crippen molar-refractivity contribution in [2.24, 2.45) is 11.0 Å². The molecule has 142 valence electrons. The van der Waals surface area contributed by atoms with E-state index in [1.165, 1.54) is 12.1 Å². The van der Waals surface area contributed by atoms with E-state index in [4.69, 9.17) is 4.74 Å². The van der Waals surface area contributed by atoms with Gasteiger partial charge in [-0.3, -0.25) is 14.9 Å². The monoisotopic (exact) mass is 375 g/mol. The number of alkyl halides is 3. The number of ether oxygens (including phenoxy) is 1. The van der Waals surface area contributed by atoms with Gasteiger partial charge in [0.2, 0.25) is 0 Å². The fraction of sp³-hybridized carbons (Fsp3) is 0.467. The molecule has 1 N–H and O–H groups in total. The second-order valence-electron chi connectivity index (χ2n) is 5.98. The van der Waals surface area contributed by atoms with Crippen molar-refractivity contribution in [3.8, 4) is 5.75 Å². The minimum atomic E-state index is -5.10. The van der Waals surface area contributed by atoms with Gasteiger partial charge in [-0.05, 0) is 18.1 Å². The fourth-order valence-corrected chi connectivity index (χ4v) is 2.25. The van der Waals surface area contributed by atoms with Gasteiger partial charge in [0.05, 0.1) is 4.92 Å². The zero-order chi connectivity index (χ0) is 19.7. The van der Waals surface area contributed by atoms with Crippen LogP contribution in [0.5, 0.6) is 5.75 Å². The van der Waals surface area contributed by atoms with E-state index in [0.29, 0.717) is 0 Å². The van der Waals surface area contributed by atoms with Crippen LogP contribution < -0.4 is 4.74 Å². The summed E-state index contributed by atoms with van der Waals surface area (Å²) in [5, 5.41) is 24.2. The number of nitro benzene ring substituents is 1. The third-order valence-corrected chi connectivity index (χ3v) is 3.77. The second-order valence-corrected chi connectivity index (χ2v) is 5.98. The maximum atomic E-state index is 13.3. The standard InChI is InChI=1S/C15H16F3N3O5/c1-9(2)12-7-14(23,15(16,17)18)20(19-12)13(22)8-26-11-5-3-10(4-6-11)21(24)25/h3-6,9,23H,7-8H2,1-2H3. The molecule has 0 aliphatic carbocycles. The van der Waals surface area contributed by atoms with Crippen LogP contribution in [0.4, 0.5) is 18.9 Å². The number of benzene rings is 1. The molecular formula is C15H16F3N3O5. The van der Waals surface area contributed by atoms with Crippen LogP contribution in [0.15, 0.2) is 29.4 Å². The summed E-state index contributed by atoms with van der Waals surface area (Å²) in [7, 11) is 0. The third-order valence-electron chi connectivity index (χ3n) is 3.77. The van der Waals surface area contributed by atoms with Crippen LogP contribution in [0.25, 0.3) is 0 Å². The van der Waals surface area contributed by atoms with E-state index >= 15 is 0 Å². The van der Waals surface area contributed by atoms with Gasteiger partial charge in [-0.1, -0.05) is 13.8 Å². The first kappa shape index (κ1) is 19.6. The van der Waals surface area contributed by atoms with Crippen LogP contribution in [0.3, 0.4) is 0 Å². The van der Waals surface area contributed by atoms with Crippen LogP contribution in [0.2, 0.25) is 0 Å². The van der Waals surface area contributed by atoms with Crippen molar-refractivity contribution in [3.63, 3.8) is 0 Å². The van der Waals surface area contributed by atoms with Gasteiger partial charge in [0.25, 0.3) is 17.3 Å². The lowest BCUT2D eigenvalue weighted by molar-refractivity contribution is -0.384. The topological polar surface area (TPSA) is 105 Å². The number of carbonyl (C=O) groups excluding carboxylic acids is 1.